The summed E-state index contributed by atoms with van der Waals surface area (Å²) in [5.41, 5.74) is 0. The van der Waals surface area contributed by atoms with Gasteiger partial charge in [-0.15, -0.1) is 11.3 Å². The van der Waals surface area contributed by atoms with Crippen molar-refractivity contribution >= 4 is 21.4 Å². The number of thiophene rings is 1. The number of aliphatic hydroxyl groups is 1. The van der Waals surface area contributed by atoms with E-state index in [4.69, 9.17) is 5.11 Å². The van der Waals surface area contributed by atoms with Gasteiger partial charge in [-0.3, -0.25) is 0 Å². The molecule has 0 fully saturated rings. The molecule has 0 bridgehead atoms. The van der Waals surface area contributed by atoms with Gasteiger partial charge in [0.2, 0.25) is 10.0 Å². The quantitative estimate of drug-likeness (QED) is 0.639. The summed E-state index contributed by atoms with van der Waals surface area (Å²) in [5.74, 6) is 0. The van der Waals surface area contributed by atoms with Crippen molar-refractivity contribution in [2.45, 2.75) is 43.4 Å². The summed E-state index contributed by atoms with van der Waals surface area (Å²) in [7, 11) is -1.33. The predicted octanol–water partition coefficient (Wildman–Crippen LogP) is 1.68. The van der Waals surface area contributed by atoms with Gasteiger partial charge in [0.25, 0.3) is 0 Å². The van der Waals surface area contributed by atoms with Crippen molar-refractivity contribution < 1.29 is 13.5 Å². The van der Waals surface area contributed by atoms with Crippen molar-refractivity contribution in [3.05, 3.63) is 17.0 Å². The highest BCUT2D eigenvalue weighted by molar-refractivity contribution is 7.91. The molecule has 0 aromatic carbocycles. The van der Waals surface area contributed by atoms with E-state index in [0.29, 0.717) is 23.2 Å². The van der Waals surface area contributed by atoms with Crippen molar-refractivity contribution in [3.8, 4) is 0 Å². The van der Waals surface area contributed by atoms with Crippen LogP contribution in [-0.2, 0) is 16.4 Å². The average molecular weight is 335 g/mol. The van der Waals surface area contributed by atoms with E-state index in [2.05, 4.69) is 30.5 Å². The highest BCUT2D eigenvalue weighted by Gasteiger charge is 2.16. The molecule has 0 aliphatic carbocycles. The molecule has 0 radical (unpaired) electrons. The maximum absolute atomic E-state index is 12.1. The van der Waals surface area contributed by atoms with Gasteiger partial charge in [-0.1, -0.05) is 0 Å². The van der Waals surface area contributed by atoms with Crippen LogP contribution in [0.3, 0.4) is 0 Å². The lowest BCUT2D eigenvalue weighted by Crippen LogP contribution is -2.28. The maximum Gasteiger partial charge on any atom is 0.250 e. The van der Waals surface area contributed by atoms with E-state index in [9.17, 15) is 8.42 Å². The number of nitrogens with zero attached hydrogens (tertiary/aromatic N) is 1. The van der Waals surface area contributed by atoms with E-state index in [1.807, 2.05) is 0 Å². The average Bonchev–Trinajstić information content (AvgIpc) is 2.87. The van der Waals surface area contributed by atoms with Crippen molar-refractivity contribution in [2.24, 2.45) is 0 Å². The van der Waals surface area contributed by atoms with Crippen molar-refractivity contribution in [1.29, 1.82) is 0 Å². The standard InChI is InChI=1S/C14H26N2O3S2/c1-12(2)16(3)10-5-4-9-15-21(18,19)14-7-6-13(20-14)8-11-17/h6-7,12,15,17H,4-5,8-11H2,1-3H3. The Morgan fingerprint density at radius 2 is 2.05 bits per heavy atom. The Morgan fingerprint density at radius 3 is 2.67 bits per heavy atom. The molecule has 1 rings (SSSR count). The molecular formula is C14H26N2O3S2. The highest BCUT2D eigenvalue weighted by Crippen LogP contribution is 2.21. The fourth-order valence-electron chi connectivity index (χ4n) is 1.77. The Kier molecular flexibility index (Phi) is 7.83. The minimum absolute atomic E-state index is 0.0385. The smallest absolute Gasteiger partial charge is 0.250 e. The minimum atomic E-state index is -3.40. The lowest BCUT2D eigenvalue weighted by atomic mass is 10.2. The van der Waals surface area contributed by atoms with Crippen LogP contribution < -0.4 is 4.72 Å². The molecule has 1 aromatic heterocycles. The van der Waals surface area contributed by atoms with E-state index in [1.54, 1.807) is 12.1 Å². The molecular weight excluding hydrogens is 308 g/mol. The molecule has 0 aliphatic rings. The van der Waals surface area contributed by atoms with Gasteiger partial charge in [0.05, 0.1) is 0 Å². The van der Waals surface area contributed by atoms with Gasteiger partial charge in [-0.05, 0) is 52.4 Å². The molecule has 7 heteroatoms. The van der Waals surface area contributed by atoms with Gasteiger partial charge in [-0.25, -0.2) is 13.1 Å². The van der Waals surface area contributed by atoms with Gasteiger partial charge in [0, 0.05) is 30.5 Å². The summed E-state index contributed by atoms with van der Waals surface area (Å²) < 4.78 is 27.1. The summed E-state index contributed by atoms with van der Waals surface area (Å²) in [6.07, 6.45) is 2.30. The van der Waals surface area contributed by atoms with E-state index >= 15 is 0 Å². The second-order valence-corrected chi connectivity index (χ2v) is 8.54. The van der Waals surface area contributed by atoms with Gasteiger partial charge >= 0.3 is 0 Å². The summed E-state index contributed by atoms with van der Waals surface area (Å²) in [5, 5.41) is 8.85. The van der Waals surface area contributed by atoms with Crippen molar-refractivity contribution in [1.82, 2.24) is 9.62 Å². The maximum atomic E-state index is 12.1. The van der Waals surface area contributed by atoms with Crippen LogP contribution in [0.25, 0.3) is 0 Å². The zero-order valence-corrected chi connectivity index (χ0v) is 14.6. The number of unbranched alkanes of at least 4 members (excludes halogenated alkanes) is 1. The zero-order chi connectivity index (χ0) is 15.9. The lowest BCUT2D eigenvalue weighted by Gasteiger charge is -2.20. The van der Waals surface area contributed by atoms with Crippen LogP contribution >= 0.6 is 11.3 Å². The van der Waals surface area contributed by atoms with Crippen LogP contribution in [0.1, 0.15) is 31.6 Å². The Bertz CT molecular complexity index is 512. The topological polar surface area (TPSA) is 69.6 Å². The van der Waals surface area contributed by atoms with Crippen LogP contribution in [0.5, 0.6) is 0 Å². The first-order chi connectivity index (χ1) is 9.86. The number of rotatable bonds is 10. The van der Waals surface area contributed by atoms with E-state index in [1.165, 1.54) is 11.3 Å². The first-order valence-electron chi connectivity index (χ1n) is 7.26. The molecule has 0 spiro atoms. The number of sulfonamides is 1. The zero-order valence-electron chi connectivity index (χ0n) is 13.0. The van der Waals surface area contributed by atoms with Crippen LogP contribution in [-0.4, -0.2) is 51.2 Å². The normalized spacial score (nSPS) is 12.5. The third kappa shape index (κ3) is 6.44. The second-order valence-electron chi connectivity index (χ2n) is 5.37. The minimum Gasteiger partial charge on any atom is -0.396 e. The van der Waals surface area contributed by atoms with E-state index in [-0.39, 0.29) is 6.61 Å². The molecule has 21 heavy (non-hydrogen) atoms. The molecule has 0 saturated carbocycles. The monoisotopic (exact) mass is 334 g/mol. The molecule has 0 amide bonds. The summed E-state index contributed by atoms with van der Waals surface area (Å²) in [6, 6.07) is 3.87. The summed E-state index contributed by atoms with van der Waals surface area (Å²) in [4.78, 5) is 3.13. The fraction of sp³-hybridized carbons (Fsp3) is 0.714. The van der Waals surface area contributed by atoms with E-state index in [0.717, 1.165) is 24.3 Å². The molecule has 2 N–H and O–H groups in total. The second kappa shape index (κ2) is 8.85. The van der Waals surface area contributed by atoms with Gasteiger partial charge in [0.1, 0.15) is 4.21 Å². The molecule has 0 aliphatic heterocycles. The molecule has 0 atom stereocenters. The highest BCUT2D eigenvalue weighted by atomic mass is 32.2. The Labute approximate surface area is 132 Å². The first-order valence-corrected chi connectivity index (χ1v) is 9.56. The van der Waals surface area contributed by atoms with Crippen LogP contribution in [0.4, 0.5) is 0 Å². The van der Waals surface area contributed by atoms with Crippen LogP contribution in [0.15, 0.2) is 16.3 Å². The molecule has 122 valence electrons. The van der Waals surface area contributed by atoms with E-state index < -0.39 is 10.0 Å². The molecule has 0 unspecified atom stereocenters. The molecule has 0 saturated heterocycles. The first kappa shape index (κ1) is 18.6. The van der Waals surface area contributed by atoms with Crippen LogP contribution in [0, 0.1) is 0 Å². The van der Waals surface area contributed by atoms with Gasteiger partial charge in [0.15, 0.2) is 0 Å². The van der Waals surface area contributed by atoms with Crippen LogP contribution in [0.2, 0.25) is 0 Å². The summed E-state index contributed by atoms with van der Waals surface area (Å²) >= 11 is 1.22. The Morgan fingerprint density at radius 1 is 1.33 bits per heavy atom. The Balaban J connectivity index is 2.36. The molecule has 1 heterocycles. The molecule has 1 aromatic rings. The van der Waals surface area contributed by atoms with Gasteiger partial charge < -0.3 is 10.0 Å². The largest absolute Gasteiger partial charge is 0.396 e. The number of nitrogens with one attached hydrogen (secondary N) is 1. The predicted molar refractivity (Wildman–Crippen MR) is 87.3 cm³/mol. The lowest BCUT2D eigenvalue weighted by molar-refractivity contribution is 0.268. The van der Waals surface area contributed by atoms with Crippen molar-refractivity contribution in [3.63, 3.8) is 0 Å². The third-order valence-electron chi connectivity index (χ3n) is 3.37. The number of hydrogen-bond acceptors (Lipinski definition) is 5. The third-order valence-corrected chi connectivity index (χ3v) is 6.47. The SMILES string of the molecule is CC(C)N(C)CCCCNS(=O)(=O)c1ccc(CCO)s1. The molecule has 5 nitrogen and oxygen atoms in total. The van der Waals surface area contributed by atoms with Gasteiger partial charge in [-0.2, -0.15) is 0 Å². The number of hydrogen-bond donors (Lipinski definition) is 2. The summed E-state index contributed by atoms with van der Waals surface area (Å²) in [6.45, 7) is 5.75. The number of aliphatic hydroxyl groups excluding tert-OH is 1. The Hall–Kier alpha value is -0.470. The fourth-order valence-corrected chi connectivity index (χ4v) is 4.23. The van der Waals surface area contributed by atoms with Crippen molar-refractivity contribution in [2.75, 3.05) is 26.7 Å².